The number of carbonyl (C=O) groups excluding carboxylic acids is 2. The number of esters is 2. The number of rotatable bonds is 50. The molecule has 0 aliphatic carbocycles. The fourth-order valence-corrected chi connectivity index (χ4v) is 7.87. The maximum Gasteiger partial charge on any atom is 0.306 e. The van der Waals surface area contributed by atoms with Crippen LogP contribution in [0.2, 0.25) is 0 Å². The van der Waals surface area contributed by atoms with E-state index >= 15 is 0 Å². The van der Waals surface area contributed by atoms with E-state index in [0.29, 0.717) is 12.8 Å². The predicted molar refractivity (Wildman–Crippen MR) is 279 cm³/mol. The maximum absolute atomic E-state index is 12.3. The quantitative estimate of drug-likeness (QED) is 0.0374. The van der Waals surface area contributed by atoms with Crippen molar-refractivity contribution in [3.05, 3.63) is 72.9 Å². The van der Waals surface area contributed by atoms with Crippen molar-refractivity contribution in [1.82, 2.24) is 0 Å². The number of aliphatic hydroxyl groups is 1. The lowest BCUT2D eigenvalue weighted by Crippen LogP contribution is -2.28. The highest BCUT2D eigenvalue weighted by Crippen LogP contribution is 2.16. The summed E-state index contributed by atoms with van der Waals surface area (Å²) in [6, 6.07) is 0. The summed E-state index contributed by atoms with van der Waals surface area (Å²) >= 11 is 0. The lowest BCUT2D eigenvalue weighted by atomic mass is 10.0. The lowest BCUT2D eigenvalue weighted by molar-refractivity contribution is -0.161. The van der Waals surface area contributed by atoms with Crippen molar-refractivity contribution < 1.29 is 24.2 Å². The Kier molecular flexibility index (Phi) is 52.4. The lowest BCUT2D eigenvalue weighted by Gasteiger charge is -2.15. The molecular weight excluding hydrogens is 789 g/mol. The summed E-state index contributed by atoms with van der Waals surface area (Å²) in [5, 5.41) is 9.63. The van der Waals surface area contributed by atoms with Crippen LogP contribution in [0.25, 0.3) is 0 Å². The molecule has 0 amide bonds. The SMILES string of the molecule is CC/C=C\C/C=C\C/C=C\C/C=C\C/C=C\CCCCCCCCCCCCCCCCCCCCCC(=O)OC(CO)COC(=O)CCCCCCC/C=C\CCCCCCCC. The zero-order valence-electron chi connectivity index (χ0n) is 42.3. The Bertz CT molecular complexity index is 1150. The van der Waals surface area contributed by atoms with Gasteiger partial charge in [-0.1, -0.05) is 247 Å². The maximum atomic E-state index is 12.3. The van der Waals surface area contributed by atoms with Crippen LogP contribution in [0.4, 0.5) is 0 Å². The van der Waals surface area contributed by atoms with E-state index in [4.69, 9.17) is 9.47 Å². The smallest absolute Gasteiger partial charge is 0.306 e. The van der Waals surface area contributed by atoms with Gasteiger partial charge in [-0.3, -0.25) is 9.59 Å². The highest BCUT2D eigenvalue weighted by Gasteiger charge is 2.16. The minimum absolute atomic E-state index is 0.0686. The molecule has 0 radical (unpaired) electrons. The van der Waals surface area contributed by atoms with E-state index in [1.54, 1.807) is 0 Å². The summed E-state index contributed by atoms with van der Waals surface area (Å²) in [5.74, 6) is -0.592. The van der Waals surface area contributed by atoms with Gasteiger partial charge >= 0.3 is 11.9 Å². The third-order valence-electron chi connectivity index (χ3n) is 12.0. The summed E-state index contributed by atoms with van der Waals surface area (Å²) in [5.41, 5.74) is 0. The molecule has 0 aliphatic heterocycles. The van der Waals surface area contributed by atoms with Gasteiger partial charge in [0.25, 0.3) is 0 Å². The molecule has 0 bridgehead atoms. The van der Waals surface area contributed by atoms with Crippen LogP contribution in [-0.2, 0) is 19.1 Å². The van der Waals surface area contributed by atoms with Gasteiger partial charge < -0.3 is 14.6 Å². The van der Waals surface area contributed by atoms with Gasteiger partial charge in [0.2, 0.25) is 0 Å². The molecule has 1 N–H and O–H groups in total. The van der Waals surface area contributed by atoms with Gasteiger partial charge in [0.05, 0.1) is 6.61 Å². The van der Waals surface area contributed by atoms with Gasteiger partial charge in [0.1, 0.15) is 6.61 Å². The van der Waals surface area contributed by atoms with Crippen LogP contribution in [0.5, 0.6) is 0 Å². The first kappa shape index (κ1) is 61.3. The number of hydrogen-bond acceptors (Lipinski definition) is 5. The van der Waals surface area contributed by atoms with Crippen LogP contribution in [0.15, 0.2) is 72.9 Å². The summed E-state index contributed by atoms with van der Waals surface area (Å²) in [7, 11) is 0. The standard InChI is InChI=1S/C59H104O5/c1-3-5-7-9-11-13-15-17-19-20-21-22-23-24-25-26-27-28-29-30-31-32-33-34-35-36-37-38-40-42-44-46-48-50-52-54-59(62)64-57(55-60)56-63-58(61)53-51-49-47-45-43-41-39-18-16-14-12-10-8-6-4-2/h5,7,11,13,17-19,21-22,24-25,39,57,60H,3-4,6,8-10,12,14-16,20,23,26-38,40-56H2,1-2H3/b7-5-,13-11-,19-17-,22-21-,25-24-,39-18-. The zero-order chi connectivity index (χ0) is 46.3. The van der Waals surface area contributed by atoms with Crippen molar-refractivity contribution in [1.29, 1.82) is 0 Å². The van der Waals surface area contributed by atoms with Crippen LogP contribution in [0.3, 0.4) is 0 Å². The van der Waals surface area contributed by atoms with E-state index < -0.39 is 6.10 Å². The average Bonchev–Trinajstić information content (AvgIpc) is 3.30. The molecule has 1 atom stereocenters. The summed E-state index contributed by atoms with van der Waals surface area (Å²) in [6.45, 7) is 4.03. The Morgan fingerprint density at radius 3 is 1.03 bits per heavy atom. The van der Waals surface area contributed by atoms with E-state index in [-0.39, 0.29) is 25.2 Å². The molecule has 64 heavy (non-hydrogen) atoms. The molecule has 370 valence electrons. The molecule has 0 aromatic rings. The predicted octanol–water partition coefficient (Wildman–Crippen LogP) is 18.4. The second-order valence-electron chi connectivity index (χ2n) is 18.3. The third-order valence-corrected chi connectivity index (χ3v) is 12.0. The molecule has 0 aromatic heterocycles. The Labute approximate surface area is 397 Å². The first-order valence-corrected chi connectivity index (χ1v) is 27.5. The summed E-state index contributed by atoms with van der Waals surface area (Å²) in [4.78, 5) is 24.4. The Morgan fingerprint density at radius 2 is 0.672 bits per heavy atom. The molecule has 5 nitrogen and oxygen atoms in total. The van der Waals surface area contributed by atoms with Crippen LogP contribution in [0.1, 0.15) is 271 Å². The number of carbonyl (C=O) groups is 2. The fourth-order valence-electron chi connectivity index (χ4n) is 7.87. The van der Waals surface area contributed by atoms with Crippen molar-refractivity contribution in [3.63, 3.8) is 0 Å². The molecule has 0 fully saturated rings. The van der Waals surface area contributed by atoms with Crippen LogP contribution < -0.4 is 0 Å². The Morgan fingerprint density at radius 1 is 0.375 bits per heavy atom. The molecule has 0 saturated heterocycles. The monoisotopic (exact) mass is 893 g/mol. The van der Waals surface area contributed by atoms with Gasteiger partial charge in [0, 0.05) is 12.8 Å². The first-order valence-electron chi connectivity index (χ1n) is 27.5. The highest BCUT2D eigenvalue weighted by atomic mass is 16.6. The number of ether oxygens (including phenoxy) is 2. The molecule has 0 heterocycles. The van der Waals surface area contributed by atoms with E-state index in [1.807, 2.05) is 0 Å². The van der Waals surface area contributed by atoms with Crippen LogP contribution in [0, 0.1) is 0 Å². The van der Waals surface area contributed by atoms with E-state index in [0.717, 1.165) is 77.0 Å². The molecule has 0 aliphatic rings. The topological polar surface area (TPSA) is 72.8 Å². The Balaban J connectivity index is 3.45. The van der Waals surface area contributed by atoms with Gasteiger partial charge in [0.15, 0.2) is 6.10 Å². The van der Waals surface area contributed by atoms with E-state index in [9.17, 15) is 14.7 Å². The second-order valence-corrected chi connectivity index (χ2v) is 18.3. The minimum atomic E-state index is -0.775. The molecule has 0 aromatic carbocycles. The van der Waals surface area contributed by atoms with Gasteiger partial charge in [-0.2, -0.15) is 0 Å². The third kappa shape index (κ3) is 52.0. The second kappa shape index (κ2) is 54.7. The normalized spacial score (nSPS) is 12.7. The first-order chi connectivity index (χ1) is 31.6. The van der Waals surface area contributed by atoms with E-state index in [2.05, 4.69) is 86.8 Å². The van der Waals surface area contributed by atoms with Gasteiger partial charge in [-0.15, -0.1) is 0 Å². The van der Waals surface area contributed by atoms with Crippen molar-refractivity contribution in [3.8, 4) is 0 Å². The molecule has 0 saturated carbocycles. The molecule has 0 spiro atoms. The van der Waals surface area contributed by atoms with Crippen molar-refractivity contribution in [2.45, 2.75) is 277 Å². The van der Waals surface area contributed by atoms with Gasteiger partial charge in [-0.05, 0) is 83.5 Å². The van der Waals surface area contributed by atoms with Crippen molar-refractivity contribution >= 4 is 11.9 Å². The fraction of sp³-hybridized carbons (Fsp3) is 0.763. The number of hydrogen-bond donors (Lipinski definition) is 1. The van der Waals surface area contributed by atoms with Gasteiger partial charge in [-0.25, -0.2) is 0 Å². The number of aliphatic hydroxyl groups excluding tert-OH is 1. The molecule has 0 rings (SSSR count). The molecule has 1 unspecified atom stereocenters. The van der Waals surface area contributed by atoms with E-state index in [1.165, 1.54) is 167 Å². The Hall–Kier alpha value is -2.66. The number of unbranched alkanes of at least 4 members (excludes halogenated alkanes) is 30. The molecular formula is C59H104O5. The van der Waals surface area contributed by atoms with Crippen molar-refractivity contribution in [2.75, 3.05) is 13.2 Å². The summed E-state index contributed by atoms with van der Waals surface area (Å²) in [6.07, 6.45) is 74.5. The zero-order valence-corrected chi connectivity index (χ0v) is 42.3. The molecule has 5 heteroatoms. The van der Waals surface area contributed by atoms with Crippen LogP contribution >= 0.6 is 0 Å². The minimum Gasteiger partial charge on any atom is -0.462 e. The summed E-state index contributed by atoms with van der Waals surface area (Å²) < 4.78 is 10.7. The van der Waals surface area contributed by atoms with Crippen molar-refractivity contribution in [2.24, 2.45) is 0 Å². The highest BCUT2D eigenvalue weighted by molar-refractivity contribution is 5.70. The largest absolute Gasteiger partial charge is 0.462 e. The average molecular weight is 893 g/mol. The van der Waals surface area contributed by atoms with Crippen LogP contribution in [-0.4, -0.2) is 36.4 Å². The number of allylic oxidation sites excluding steroid dienone is 12.